The van der Waals surface area contributed by atoms with Crippen molar-refractivity contribution < 1.29 is 86.7 Å². The Kier molecular flexibility index (Phi) is 209. The van der Waals surface area contributed by atoms with E-state index in [2.05, 4.69) is 173 Å². The molecule has 0 spiro atoms. The number of esters is 1. The minimum atomic E-state index is -3.32. The Hall–Kier alpha value is -6.41. The second-order valence-corrected chi connectivity index (χ2v) is 26.7. The van der Waals surface area contributed by atoms with Gasteiger partial charge in [-0.05, 0) is 86.7 Å². The second kappa shape index (κ2) is 142. The highest BCUT2D eigenvalue weighted by Crippen LogP contribution is 2.08. The maximum Gasteiger partial charge on any atom is 0.507 e. The number of aryl methyl sites for hydroxylation is 3. The highest BCUT2D eigenvalue weighted by atomic mass is 32.2. The van der Waals surface area contributed by atoms with Gasteiger partial charge in [0.25, 0.3) is 10.1 Å². The first-order valence-electron chi connectivity index (χ1n) is 34.7. The van der Waals surface area contributed by atoms with Gasteiger partial charge in [0.1, 0.15) is 5.78 Å². The highest BCUT2D eigenvalue weighted by Gasteiger charge is 2.00. The molecule has 0 radical (unpaired) electrons. The quantitative estimate of drug-likeness (QED) is 0.0806. The molecule has 0 bridgehead atoms. The number of hydrogen-bond donors (Lipinski definition) is 6. The van der Waals surface area contributed by atoms with Crippen LogP contribution in [0.1, 0.15) is 203 Å². The van der Waals surface area contributed by atoms with E-state index in [1.54, 1.807) is 51.8 Å². The third kappa shape index (κ3) is 477. The van der Waals surface area contributed by atoms with E-state index in [4.69, 9.17) is 0 Å². The summed E-state index contributed by atoms with van der Waals surface area (Å²) in [5.41, 5.74) is 4.47. The van der Waals surface area contributed by atoms with Crippen molar-refractivity contribution in [2.45, 2.75) is 207 Å². The van der Waals surface area contributed by atoms with Crippen LogP contribution in [-0.2, 0) is 77.2 Å². The number of hydrogen-bond acceptors (Lipinski definition) is 21. The van der Waals surface area contributed by atoms with Crippen molar-refractivity contribution in [1.29, 1.82) is 0 Å². The number of carbonyl (C=O) groups excluding carboxylic acids is 7. The van der Waals surface area contributed by atoms with Crippen LogP contribution >= 0.6 is 11.8 Å². The molecule has 0 unspecified atom stereocenters. The molecule has 0 aliphatic rings. The van der Waals surface area contributed by atoms with E-state index in [1.165, 1.54) is 93.3 Å². The lowest BCUT2D eigenvalue weighted by Gasteiger charge is -2.05. The molecule has 652 valence electrons. The van der Waals surface area contributed by atoms with Gasteiger partial charge in [0.15, 0.2) is 0 Å². The van der Waals surface area contributed by atoms with Crippen LogP contribution in [0.2, 0.25) is 0 Å². The molecule has 6 N–H and O–H groups in total. The Labute approximate surface area is 666 Å². The molecule has 0 aliphatic carbocycles. The summed E-state index contributed by atoms with van der Waals surface area (Å²) in [6.07, 6.45) is 7.29. The molecule has 0 atom stereocenters. The first-order chi connectivity index (χ1) is 49.1. The van der Waals surface area contributed by atoms with Gasteiger partial charge >= 0.3 is 24.2 Å². The van der Waals surface area contributed by atoms with Crippen molar-refractivity contribution >= 4 is 83.8 Å². The van der Waals surface area contributed by atoms with Crippen molar-refractivity contribution in [3.05, 3.63) is 108 Å². The summed E-state index contributed by atoms with van der Waals surface area (Å²) in [7, 11) is 13.8. The van der Waals surface area contributed by atoms with Crippen LogP contribution in [0.4, 0.5) is 14.4 Å². The Morgan fingerprint density at radius 3 is 0.636 bits per heavy atom. The number of nitrogens with zero attached hydrogens (tertiary/aromatic N) is 1. The number of sulfonamides is 2. The van der Waals surface area contributed by atoms with Crippen LogP contribution in [-0.4, -0.2) is 209 Å². The number of urea groups is 1. The average molecular weight is 1630 g/mol. The lowest BCUT2D eigenvalue weighted by molar-refractivity contribution is -0.138. The molecule has 30 heteroatoms. The monoisotopic (exact) mass is 1630 g/mol. The molecule has 0 aromatic heterocycles. The molecule has 3 aromatic carbocycles. The van der Waals surface area contributed by atoms with Crippen LogP contribution in [0.3, 0.4) is 0 Å². The summed E-state index contributed by atoms with van der Waals surface area (Å²) in [6, 6.07) is 30.6. The molecule has 3 aromatic rings. The fourth-order valence-electron chi connectivity index (χ4n) is 2.17. The van der Waals surface area contributed by atoms with E-state index in [-0.39, 0.29) is 23.7 Å². The predicted octanol–water partition coefficient (Wildman–Crippen LogP) is 17.0. The summed E-state index contributed by atoms with van der Waals surface area (Å²) < 4.78 is 87.8. The Morgan fingerprint density at radius 1 is 0.449 bits per heavy atom. The normalized spacial score (nSPS) is 7.95. The molecular formula is C77H171N7O19S4. The van der Waals surface area contributed by atoms with E-state index in [0.29, 0.717) is 5.41 Å². The predicted molar refractivity (Wildman–Crippen MR) is 468 cm³/mol. The number of amides is 5. The minimum absolute atomic E-state index is 0.00463. The van der Waals surface area contributed by atoms with Crippen LogP contribution in [0.25, 0.3) is 0 Å². The van der Waals surface area contributed by atoms with E-state index >= 15 is 0 Å². The first-order valence-corrected chi connectivity index (χ1v) is 41.9. The minimum Gasteiger partial charge on any atom is -0.469 e. The average Bonchev–Trinajstić information content (AvgIpc) is 1.05. The third-order valence-corrected chi connectivity index (χ3v) is 7.65. The number of alkyl carbamates (subject to hydrolysis) is 1. The van der Waals surface area contributed by atoms with Gasteiger partial charge in [-0.2, -0.15) is 20.2 Å². The lowest BCUT2D eigenvalue weighted by Crippen LogP contribution is -2.28. The summed E-state index contributed by atoms with van der Waals surface area (Å²) in [5.74, 6) is 0.197. The SMILES string of the molecule is CC.CC.CC.CC.CC.CC.CC(=O)NS(C)(=O)=O.CC(C)(C)C.CC(C)=O.CC(C)C.CCC.CN(C)C.CNC(=O)NC.CNC(=O)OC.CNC(C)=O.CNS(C)(=O)=O.COC.COC(=O)OC.COC(C)=O.COS(C)(=O)=O.CSC.Cc1ccccc1.Cc1ccccc1.Cc1ccccc1. The second-order valence-electron chi connectivity index (χ2n) is 20.5. The number of thioether (sulfide) groups is 1. The fourth-order valence-corrected chi connectivity index (χ4v) is 2.70. The zero-order valence-electron chi connectivity index (χ0n) is 77.3. The maximum absolute atomic E-state index is 10.1. The van der Waals surface area contributed by atoms with E-state index in [1.807, 2.05) is 176 Å². The summed E-state index contributed by atoms with van der Waals surface area (Å²) in [5, 5.41) is 9.37. The van der Waals surface area contributed by atoms with Crippen molar-refractivity contribution in [2.24, 2.45) is 11.3 Å². The van der Waals surface area contributed by atoms with E-state index in [9.17, 15) is 58.8 Å². The molecule has 0 saturated carbocycles. The van der Waals surface area contributed by atoms with Gasteiger partial charge in [-0.15, -0.1) is 0 Å². The van der Waals surface area contributed by atoms with Gasteiger partial charge < -0.3 is 54.6 Å². The highest BCUT2D eigenvalue weighted by molar-refractivity contribution is 7.97. The fraction of sp³-hybridized carbons (Fsp3) is 0.675. The smallest absolute Gasteiger partial charge is 0.469 e. The largest absolute Gasteiger partial charge is 0.507 e. The van der Waals surface area contributed by atoms with E-state index < -0.39 is 48.3 Å². The van der Waals surface area contributed by atoms with Crippen molar-refractivity contribution in [1.82, 2.24) is 35.6 Å². The summed E-state index contributed by atoms with van der Waals surface area (Å²) >= 11 is 1.75. The van der Waals surface area contributed by atoms with Crippen molar-refractivity contribution in [2.75, 3.05) is 137 Å². The molecule has 0 fully saturated rings. The number of Topliss-reactive ketones (excluding diaryl/α,β-unsaturated/α-hetero) is 1. The van der Waals surface area contributed by atoms with Gasteiger partial charge in [0.05, 0.1) is 54.3 Å². The van der Waals surface area contributed by atoms with Gasteiger partial charge in [0, 0.05) is 63.2 Å². The summed E-state index contributed by atoms with van der Waals surface area (Å²) in [6.45, 7) is 56.8. The van der Waals surface area contributed by atoms with Gasteiger partial charge in [-0.3, -0.25) is 23.3 Å². The van der Waals surface area contributed by atoms with Crippen molar-refractivity contribution in [3.8, 4) is 0 Å². The molecular weight excluding hydrogens is 1460 g/mol. The molecule has 107 heavy (non-hydrogen) atoms. The molecule has 0 aliphatic heterocycles. The molecule has 5 amide bonds. The molecule has 3 rings (SSSR count). The molecule has 0 saturated heterocycles. The topological polar surface area (TPSA) is 353 Å². The number of methoxy groups -OCH3 is 5. The number of ketones is 1. The number of benzene rings is 3. The van der Waals surface area contributed by atoms with Crippen LogP contribution < -0.4 is 30.7 Å². The van der Waals surface area contributed by atoms with Crippen LogP contribution in [0.5, 0.6) is 0 Å². The zero-order valence-corrected chi connectivity index (χ0v) is 80.5. The van der Waals surface area contributed by atoms with Gasteiger partial charge in [-0.1, -0.05) is 260 Å². The van der Waals surface area contributed by atoms with E-state index in [0.717, 1.165) is 38.7 Å². The Morgan fingerprint density at radius 2 is 0.617 bits per heavy atom. The maximum atomic E-state index is 10.1. The standard InChI is InChI=1S/3C7H8.C5H12.C4H10.C3H8N2O.C3H7NO3S.C3H7NO2.C3H7NO.C3H9N.C3H6O3.C3H6O2.C3H6O.C3H8.C2H7NO2S.C2H6O3S.C2H6O.C2H6S.6C2H6/c3*1-7-5-3-2-4-6-7;1-5(2,3)4;1-4(2)3;1-4-3(6)5-2;1-3(5)4-8(2,6)7;1-4-3(5)6-2;1-3(5)4-2;1-4(2)3;1-5-3(4)6-2;1-3(4)5-2;1-3(2)4;1-3-2;1-3-6(2,4)5;1-5-6(2,3)4;2*1-3-2;6*1-2/h3*2-6H,1H3;1-4H3;4H,1-3H3;1-2H3,(H2,4,5,6);1-2H3,(H,4,5);1-2H3,(H,4,5);1-2H3,(H,4,5);1-3H3;1-2H3;1-2H3;1-2H3;3H2,1-2H3;3H,1-2H3;1-2H3;2*1-2H3;6*1-2H3. The van der Waals surface area contributed by atoms with Gasteiger partial charge in [-0.25, -0.2) is 35.9 Å². The van der Waals surface area contributed by atoms with Crippen molar-refractivity contribution in [3.63, 3.8) is 0 Å². The summed E-state index contributed by atoms with van der Waals surface area (Å²) in [4.78, 5) is 70.2. The van der Waals surface area contributed by atoms with Crippen LogP contribution in [0.15, 0.2) is 91.0 Å². The van der Waals surface area contributed by atoms with Gasteiger partial charge in [0.2, 0.25) is 31.9 Å². The molecule has 0 heterocycles. The molecule has 26 nitrogen and oxygen atoms in total. The number of ether oxygens (including phenoxy) is 5. The zero-order chi connectivity index (χ0) is 91.4. The Balaban J connectivity index is -0.0000000384. The number of carbonyl (C=O) groups is 7. The third-order valence-electron chi connectivity index (χ3n) is 5.64. The number of nitrogens with one attached hydrogen (secondary N) is 6. The Bertz CT molecular complexity index is 2210. The van der Waals surface area contributed by atoms with Crippen LogP contribution in [0, 0.1) is 32.1 Å². The number of rotatable bonds is 3. The first kappa shape index (κ1) is 157. The lowest BCUT2D eigenvalue weighted by atomic mass is 10.0.